The fourth-order valence-corrected chi connectivity index (χ4v) is 2.12. The maximum absolute atomic E-state index is 5.87. The number of fused-ring (bicyclic) bond motifs is 1. The van der Waals surface area contributed by atoms with E-state index in [4.69, 9.17) is 5.73 Å². The Morgan fingerprint density at radius 1 is 1.60 bits per heavy atom. The van der Waals surface area contributed by atoms with Crippen LogP contribution in [0, 0.1) is 0 Å². The van der Waals surface area contributed by atoms with Crippen molar-refractivity contribution in [2.45, 2.75) is 19.4 Å². The summed E-state index contributed by atoms with van der Waals surface area (Å²) in [4.78, 5) is 2.35. The molecular formula is C13H18N2. The highest BCUT2D eigenvalue weighted by molar-refractivity contribution is 5.59. The molecule has 0 saturated heterocycles. The van der Waals surface area contributed by atoms with Gasteiger partial charge in [0.25, 0.3) is 0 Å². The third-order valence-electron chi connectivity index (χ3n) is 2.97. The summed E-state index contributed by atoms with van der Waals surface area (Å²) in [5, 5.41) is 0. The van der Waals surface area contributed by atoms with Gasteiger partial charge < -0.3 is 10.6 Å². The second-order valence-corrected chi connectivity index (χ2v) is 4.16. The van der Waals surface area contributed by atoms with Gasteiger partial charge in [0.05, 0.1) is 0 Å². The summed E-state index contributed by atoms with van der Waals surface area (Å²) in [6, 6.07) is 6.68. The van der Waals surface area contributed by atoms with Gasteiger partial charge in [-0.05, 0) is 30.5 Å². The van der Waals surface area contributed by atoms with Crippen molar-refractivity contribution in [3.8, 4) is 0 Å². The van der Waals surface area contributed by atoms with E-state index in [-0.39, 0.29) is 6.04 Å². The monoisotopic (exact) mass is 202 g/mol. The minimum atomic E-state index is 0.128. The molecule has 0 bridgehead atoms. The minimum Gasteiger partial charge on any atom is -0.367 e. The Bertz CT molecular complexity index is 369. The zero-order valence-electron chi connectivity index (χ0n) is 9.24. The topological polar surface area (TPSA) is 29.3 Å². The van der Waals surface area contributed by atoms with Gasteiger partial charge in [-0.3, -0.25) is 0 Å². The lowest BCUT2D eigenvalue weighted by atomic mass is 10.0. The average Bonchev–Trinajstić information content (AvgIpc) is 2.61. The molecule has 1 aromatic rings. The van der Waals surface area contributed by atoms with Gasteiger partial charge in [-0.2, -0.15) is 0 Å². The van der Waals surface area contributed by atoms with Crippen LogP contribution in [0.15, 0.2) is 30.9 Å². The molecule has 0 fully saturated rings. The molecule has 0 unspecified atom stereocenters. The van der Waals surface area contributed by atoms with Crippen LogP contribution in [0.25, 0.3) is 0 Å². The summed E-state index contributed by atoms with van der Waals surface area (Å²) in [5.41, 5.74) is 9.87. The lowest BCUT2D eigenvalue weighted by Gasteiger charge is -2.17. The van der Waals surface area contributed by atoms with Crippen molar-refractivity contribution < 1.29 is 0 Å². The number of nitrogens with two attached hydrogens (primary N) is 1. The van der Waals surface area contributed by atoms with E-state index in [2.05, 4.69) is 29.7 Å². The fraction of sp³-hybridized carbons (Fsp3) is 0.385. The van der Waals surface area contributed by atoms with Crippen molar-refractivity contribution in [1.82, 2.24) is 0 Å². The molecular weight excluding hydrogens is 184 g/mol. The number of rotatable bonds is 3. The number of benzene rings is 1. The van der Waals surface area contributed by atoms with Crippen molar-refractivity contribution in [3.05, 3.63) is 42.0 Å². The normalized spacial score (nSPS) is 16.3. The highest BCUT2D eigenvalue weighted by Crippen LogP contribution is 2.29. The van der Waals surface area contributed by atoms with E-state index in [1.807, 2.05) is 13.0 Å². The summed E-state index contributed by atoms with van der Waals surface area (Å²) in [5.74, 6) is 0. The van der Waals surface area contributed by atoms with Gasteiger partial charge in [-0.25, -0.2) is 0 Å². The third kappa shape index (κ3) is 1.90. The third-order valence-corrected chi connectivity index (χ3v) is 2.97. The predicted octanol–water partition coefficient (Wildman–Crippen LogP) is 2.25. The fourth-order valence-electron chi connectivity index (χ4n) is 2.12. The first-order valence-electron chi connectivity index (χ1n) is 5.46. The summed E-state index contributed by atoms with van der Waals surface area (Å²) in [6.45, 7) is 7.84. The molecule has 0 spiro atoms. The molecule has 0 radical (unpaired) electrons. The number of hydrogen-bond donors (Lipinski definition) is 1. The Hall–Kier alpha value is -1.28. The summed E-state index contributed by atoms with van der Waals surface area (Å²) < 4.78 is 0. The highest BCUT2D eigenvalue weighted by Gasteiger charge is 2.18. The number of hydrogen-bond acceptors (Lipinski definition) is 2. The van der Waals surface area contributed by atoms with E-state index < -0.39 is 0 Å². The standard InChI is InChI=1S/C13H18N2/c1-3-7-15-8-6-12-9-11(10(2)14)4-5-13(12)15/h3-5,9-10H,1,6-8,14H2,2H3/t10-/m1/s1. The largest absolute Gasteiger partial charge is 0.367 e. The first kappa shape index (κ1) is 10.2. The molecule has 2 heteroatoms. The van der Waals surface area contributed by atoms with E-state index in [1.165, 1.54) is 16.8 Å². The molecule has 80 valence electrons. The van der Waals surface area contributed by atoms with Gasteiger partial charge in [0, 0.05) is 24.8 Å². The molecule has 2 N–H and O–H groups in total. The molecule has 1 aliphatic heterocycles. The maximum atomic E-state index is 5.87. The summed E-state index contributed by atoms with van der Waals surface area (Å²) >= 11 is 0. The molecule has 1 aromatic carbocycles. The average molecular weight is 202 g/mol. The first-order chi connectivity index (χ1) is 7.22. The Labute approximate surface area is 91.4 Å². The molecule has 0 amide bonds. The van der Waals surface area contributed by atoms with Gasteiger partial charge in [0.2, 0.25) is 0 Å². The number of nitrogens with zero attached hydrogens (tertiary/aromatic N) is 1. The van der Waals surface area contributed by atoms with Crippen LogP contribution < -0.4 is 10.6 Å². The quantitative estimate of drug-likeness (QED) is 0.762. The summed E-state index contributed by atoms with van der Waals surface area (Å²) in [6.07, 6.45) is 3.08. The molecule has 1 aliphatic rings. The van der Waals surface area contributed by atoms with Crippen LogP contribution in [-0.4, -0.2) is 13.1 Å². The second-order valence-electron chi connectivity index (χ2n) is 4.16. The van der Waals surface area contributed by atoms with Crippen LogP contribution in [0.4, 0.5) is 5.69 Å². The van der Waals surface area contributed by atoms with Crippen LogP contribution in [0.1, 0.15) is 24.1 Å². The van der Waals surface area contributed by atoms with E-state index in [0.29, 0.717) is 0 Å². The predicted molar refractivity (Wildman–Crippen MR) is 65.2 cm³/mol. The maximum Gasteiger partial charge on any atom is 0.0402 e. The van der Waals surface area contributed by atoms with E-state index in [0.717, 1.165) is 19.5 Å². The van der Waals surface area contributed by atoms with Crippen LogP contribution in [0.3, 0.4) is 0 Å². The Kier molecular flexibility index (Phi) is 2.78. The zero-order chi connectivity index (χ0) is 10.8. The Balaban J connectivity index is 2.29. The van der Waals surface area contributed by atoms with E-state index in [9.17, 15) is 0 Å². The molecule has 0 saturated carbocycles. The van der Waals surface area contributed by atoms with Crippen molar-refractivity contribution in [1.29, 1.82) is 0 Å². The molecule has 0 aromatic heterocycles. The molecule has 2 nitrogen and oxygen atoms in total. The van der Waals surface area contributed by atoms with Gasteiger partial charge in [-0.15, -0.1) is 6.58 Å². The van der Waals surface area contributed by atoms with Gasteiger partial charge >= 0.3 is 0 Å². The van der Waals surface area contributed by atoms with Crippen molar-refractivity contribution >= 4 is 5.69 Å². The molecule has 1 heterocycles. The van der Waals surface area contributed by atoms with Crippen molar-refractivity contribution in [2.24, 2.45) is 5.73 Å². The van der Waals surface area contributed by atoms with Crippen molar-refractivity contribution in [2.75, 3.05) is 18.0 Å². The van der Waals surface area contributed by atoms with E-state index in [1.54, 1.807) is 0 Å². The number of anilines is 1. The SMILES string of the molecule is C=CCN1CCc2cc([C@@H](C)N)ccc21. The van der Waals surface area contributed by atoms with Gasteiger partial charge in [0.15, 0.2) is 0 Å². The first-order valence-corrected chi connectivity index (χ1v) is 5.46. The van der Waals surface area contributed by atoms with Crippen LogP contribution >= 0.6 is 0 Å². The smallest absolute Gasteiger partial charge is 0.0402 e. The van der Waals surface area contributed by atoms with Crippen LogP contribution in [-0.2, 0) is 6.42 Å². The van der Waals surface area contributed by atoms with Crippen LogP contribution in [0.5, 0.6) is 0 Å². The van der Waals surface area contributed by atoms with E-state index >= 15 is 0 Å². The van der Waals surface area contributed by atoms with Crippen LogP contribution in [0.2, 0.25) is 0 Å². The molecule has 0 aliphatic carbocycles. The highest BCUT2D eigenvalue weighted by atomic mass is 15.1. The molecule has 15 heavy (non-hydrogen) atoms. The zero-order valence-corrected chi connectivity index (χ0v) is 9.24. The summed E-state index contributed by atoms with van der Waals surface area (Å²) in [7, 11) is 0. The lowest BCUT2D eigenvalue weighted by Crippen LogP contribution is -2.19. The Morgan fingerprint density at radius 2 is 2.40 bits per heavy atom. The molecule has 2 rings (SSSR count). The minimum absolute atomic E-state index is 0.128. The second kappa shape index (κ2) is 4.07. The van der Waals surface area contributed by atoms with Gasteiger partial charge in [0.1, 0.15) is 0 Å². The van der Waals surface area contributed by atoms with Crippen molar-refractivity contribution in [3.63, 3.8) is 0 Å². The lowest BCUT2D eigenvalue weighted by molar-refractivity contribution is 0.816. The Morgan fingerprint density at radius 3 is 3.07 bits per heavy atom. The molecule has 1 atom stereocenters. The van der Waals surface area contributed by atoms with Gasteiger partial charge in [-0.1, -0.05) is 18.2 Å².